The normalized spacial score (nSPS) is 11.7. The molecule has 1 atom stereocenters. The van der Waals surface area contributed by atoms with Crippen LogP contribution in [0.4, 0.5) is 0 Å². The zero-order valence-electron chi connectivity index (χ0n) is 13.3. The summed E-state index contributed by atoms with van der Waals surface area (Å²) in [7, 11) is 0. The monoisotopic (exact) mass is 338 g/mol. The molecule has 1 aromatic carbocycles. The number of hydrogen-bond donors (Lipinski definition) is 1. The van der Waals surface area contributed by atoms with Gasteiger partial charge < -0.3 is 10.1 Å². The Morgan fingerprint density at radius 3 is 2.79 bits per heavy atom. The van der Waals surface area contributed by atoms with Crippen molar-refractivity contribution in [2.75, 3.05) is 0 Å². The minimum Gasteiger partial charge on any atom is -0.481 e. The zero-order chi connectivity index (χ0) is 16.8. The van der Waals surface area contributed by atoms with Crippen LogP contribution >= 0.6 is 11.3 Å². The van der Waals surface area contributed by atoms with Gasteiger partial charge in [0.05, 0.1) is 0 Å². The molecule has 0 aliphatic carbocycles. The molecule has 0 fully saturated rings. The molecular formula is C19H18N2O2S. The number of nitrogens with zero attached hydrogens (tertiary/aromatic N) is 1. The summed E-state index contributed by atoms with van der Waals surface area (Å²) >= 11 is 1.67. The van der Waals surface area contributed by atoms with E-state index in [9.17, 15) is 4.79 Å². The summed E-state index contributed by atoms with van der Waals surface area (Å²) < 4.78 is 5.62. The van der Waals surface area contributed by atoms with Crippen molar-refractivity contribution >= 4 is 17.2 Å². The van der Waals surface area contributed by atoms with Gasteiger partial charge in [-0.2, -0.15) is 0 Å². The molecule has 0 spiro atoms. The van der Waals surface area contributed by atoms with E-state index in [4.69, 9.17) is 4.74 Å². The topological polar surface area (TPSA) is 51.2 Å². The van der Waals surface area contributed by atoms with Crippen LogP contribution in [-0.4, -0.2) is 17.0 Å². The highest BCUT2D eigenvalue weighted by molar-refractivity contribution is 7.13. The third kappa shape index (κ3) is 4.20. The van der Waals surface area contributed by atoms with Crippen LogP contribution in [0.3, 0.4) is 0 Å². The highest BCUT2D eigenvalue weighted by Crippen LogP contribution is 2.24. The molecule has 0 saturated heterocycles. The third-order valence-corrected chi connectivity index (χ3v) is 4.41. The number of amides is 1. The molecule has 2 heterocycles. The van der Waals surface area contributed by atoms with E-state index in [-0.39, 0.29) is 5.91 Å². The first-order valence-corrected chi connectivity index (χ1v) is 8.57. The number of aromatic nitrogens is 1. The van der Waals surface area contributed by atoms with E-state index in [1.165, 1.54) is 0 Å². The number of para-hydroxylation sites is 1. The summed E-state index contributed by atoms with van der Waals surface area (Å²) in [6.07, 6.45) is 3.04. The average molecular weight is 338 g/mol. The average Bonchev–Trinajstić information content (AvgIpc) is 3.15. The van der Waals surface area contributed by atoms with Gasteiger partial charge in [-0.3, -0.25) is 9.78 Å². The summed E-state index contributed by atoms with van der Waals surface area (Å²) in [6, 6.07) is 15.4. The van der Waals surface area contributed by atoms with Crippen LogP contribution in [0.1, 0.15) is 12.5 Å². The molecular weight excluding hydrogens is 320 g/mol. The Morgan fingerprint density at radius 1 is 1.21 bits per heavy atom. The van der Waals surface area contributed by atoms with Crippen LogP contribution in [0.2, 0.25) is 0 Å². The molecule has 5 heteroatoms. The summed E-state index contributed by atoms with van der Waals surface area (Å²) in [5, 5.41) is 4.93. The van der Waals surface area contributed by atoms with Gasteiger partial charge in [0, 0.05) is 29.4 Å². The van der Waals surface area contributed by atoms with Crippen molar-refractivity contribution in [3.05, 3.63) is 71.9 Å². The van der Waals surface area contributed by atoms with Crippen molar-refractivity contribution < 1.29 is 9.53 Å². The molecule has 3 rings (SSSR count). The van der Waals surface area contributed by atoms with Crippen molar-refractivity contribution in [2.24, 2.45) is 0 Å². The smallest absolute Gasteiger partial charge is 0.261 e. The number of benzene rings is 1. The molecule has 1 unspecified atom stereocenters. The maximum Gasteiger partial charge on any atom is 0.261 e. The number of pyridine rings is 1. The summed E-state index contributed by atoms with van der Waals surface area (Å²) in [4.78, 5) is 17.6. The predicted molar refractivity (Wildman–Crippen MR) is 95.9 cm³/mol. The minimum atomic E-state index is -0.555. The molecule has 4 nitrogen and oxygen atoms in total. The number of carbonyl (C=O) groups is 1. The van der Waals surface area contributed by atoms with Crippen LogP contribution in [0.5, 0.6) is 5.75 Å². The van der Waals surface area contributed by atoms with Crippen LogP contribution in [0.25, 0.3) is 10.4 Å². The zero-order valence-corrected chi connectivity index (χ0v) is 14.1. The predicted octanol–water partition coefficient (Wildman–Crippen LogP) is 3.89. The number of carbonyl (C=O) groups excluding carboxylic acids is 1. The van der Waals surface area contributed by atoms with Crippen molar-refractivity contribution in [2.45, 2.75) is 19.6 Å². The second kappa shape index (κ2) is 7.75. The van der Waals surface area contributed by atoms with Gasteiger partial charge in [-0.1, -0.05) is 24.3 Å². The van der Waals surface area contributed by atoms with E-state index in [0.29, 0.717) is 12.3 Å². The van der Waals surface area contributed by atoms with Crippen molar-refractivity contribution in [3.8, 4) is 16.2 Å². The molecule has 0 radical (unpaired) electrons. The Labute approximate surface area is 145 Å². The number of ether oxygens (including phenoxy) is 1. The van der Waals surface area contributed by atoms with Crippen molar-refractivity contribution in [3.63, 3.8) is 0 Å². The highest BCUT2D eigenvalue weighted by atomic mass is 32.1. The fourth-order valence-corrected chi connectivity index (χ4v) is 2.96. The van der Waals surface area contributed by atoms with E-state index >= 15 is 0 Å². The summed E-state index contributed by atoms with van der Waals surface area (Å²) in [6.45, 7) is 2.16. The molecule has 3 aromatic rings. The number of hydrogen-bond acceptors (Lipinski definition) is 4. The maximum atomic E-state index is 12.2. The van der Waals surface area contributed by atoms with Gasteiger partial charge in [0.2, 0.25) is 0 Å². The molecule has 0 bridgehead atoms. The van der Waals surface area contributed by atoms with Crippen molar-refractivity contribution in [1.29, 1.82) is 0 Å². The second-order valence-corrected chi connectivity index (χ2v) is 6.30. The molecule has 0 saturated carbocycles. The Bertz CT molecular complexity index is 788. The fourth-order valence-electron chi connectivity index (χ4n) is 2.25. The Hall–Kier alpha value is -2.66. The molecule has 1 amide bonds. The Kier molecular flexibility index (Phi) is 5.23. The third-order valence-electron chi connectivity index (χ3n) is 3.49. The number of nitrogens with one attached hydrogen (secondary N) is 1. The van der Waals surface area contributed by atoms with E-state index in [0.717, 1.165) is 16.0 Å². The van der Waals surface area contributed by atoms with Gasteiger partial charge in [-0.25, -0.2) is 0 Å². The van der Waals surface area contributed by atoms with E-state index in [1.807, 2.05) is 54.0 Å². The number of thiophene rings is 1. The van der Waals surface area contributed by atoms with E-state index < -0.39 is 6.10 Å². The standard InChI is InChI=1S/C19H18N2O2S/c1-14(23-17-6-3-2-4-7-17)19(22)21-12-15-10-16(13-20-11-15)18-8-5-9-24-18/h2-11,13-14H,12H2,1H3,(H,21,22). The van der Waals surface area contributed by atoms with Gasteiger partial charge in [0.25, 0.3) is 5.91 Å². The maximum absolute atomic E-state index is 12.2. The van der Waals surface area contributed by atoms with Gasteiger partial charge in [0.1, 0.15) is 5.75 Å². The van der Waals surface area contributed by atoms with Crippen molar-refractivity contribution in [1.82, 2.24) is 10.3 Å². The Balaban J connectivity index is 1.57. The molecule has 2 aromatic heterocycles. The SMILES string of the molecule is CC(Oc1ccccc1)C(=O)NCc1cncc(-c2cccs2)c1. The largest absolute Gasteiger partial charge is 0.481 e. The molecule has 122 valence electrons. The van der Waals surface area contributed by atoms with Gasteiger partial charge >= 0.3 is 0 Å². The van der Waals surface area contributed by atoms with E-state index in [1.54, 1.807) is 24.5 Å². The van der Waals surface area contributed by atoms with Gasteiger partial charge in [0.15, 0.2) is 6.10 Å². The lowest BCUT2D eigenvalue weighted by Crippen LogP contribution is -2.35. The first-order chi connectivity index (χ1) is 11.7. The van der Waals surface area contributed by atoms with E-state index in [2.05, 4.69) is 16.4 Å². The first kappa shape index (κ1) is 16.2. The molecule has 0 aliphatic heterocycles. The lowest BCUT2D eigenvalue weighted by Gasteiger charge is -2.14. The van der Waals surface area contributed by atoms with Crippen LogP contribution in [0.15, 0.2) is 66.3 Å². The molecule has 0 aliphatic rings. The first-order valence-electron chi connectivity index (χ1n) is 7.69. The lowest BCUT2D eigenvalue weighted by molar-refractivity contribution is -0.127. The summed E-state index contributed by atoms with van der Waals surface area (Å²) in [5.41, 5.74) is 2.02. The number of rotatable bonds is 6. The fraction of sp³-hybridized carbons (Fsp3) is 0.158. The molecule has 24 heavy (non-hydrogen) atoms. The highest BCUT2D eigenvalue weighted by Gasteiger charge is 2.14. The minimum absolute atomic E-state index is 0.152. The second-order valence-electron chi connectivity index (χ2n) is 5.35. The van der Waals surface area contributed by atoms with Gasteiger partial charge in [-0.15, -0.1) is 11.3 Å². The van der Waals surface area contributed by atoms with Gasteiger partial charge in [-0.05, 0) is 42.1 Å². The molecule has 1 N–H and O–H groups in total. The van der Waals surface area contributed by atoms with Crippen LogP contribution < -0.4 is 10.1 Å². The van der Waals surface area contributed by atoms with Crippen LogP contribution in [0, 0.1) is 0 Å². The van der Waals surface area contributed by atoms with Crippen LogP contribution in [-0.2, 0) is 11.3 Å². The Morgan fingerprint density at radius 2 is 2.04 bits per heavy atom. The summed E-state index contributed by atoms with van der Waals surface area (Å²) in [5.74, 6) is 0.530. The quantitative estimate of drug-likeness (QED) is 0.742. The lowest BCUT2D eigenvalue weighted by atomic mass is 10.2.